The third-order valence-corrected chi connectivity index (χ3v) is 7.36. The van der Waals surface area contributed by atoms with E-state index in [1.54, 1.807) is 36.4 Å². The third-order valence-electron chi connectivity index (χ3n) is 6.35. The Morgan fingerprint density at radius 1 is 0.974 bits per heavy atom. The zero-order valence-electron chi connectivity index (χ0n) is 20.4. The minimum absolute atomic E-state index is 0.194. The largest absolute Gasteiger partial charge is 0.379 e. The number of thiazole rings is 1. The van der Waals surface area contributed by atoms with E-state index in [-0.39, 0.29) is 17.4 Å². The van der Waals surface area contributed by atoms with E-state index in [1.165, 1.54) is 17.4 Å². The summed E-state index contributed by atoms with van der Waals surface area (Å²) in [6.45, 7) is 4.13. The number of para-hydroxylation sites is 1. The van der Waals surface area contributed by atoms with Gasteiger partial charge in [0.2, 0.25) is 0 Å². The first-order chi connectivity index (χ1) is 18.6. The van der Waals surface area contributed by atoms with Gasteiger partial charge in [-0.15, -0.1) is 0 Å². The highest BCUT2D eigenvalue weighted by molar-refractivity contribution is 7.21. The van der Waals surface area contributed by atoms with Crippen molar-refractivity contribution in [1.82, 2.24) is 19.9 Å². The van der Waals surface area contributed by atoms with Crippen LogP contribution in [0.25, 0.3) is 32.2 Å². The number of aromatic nitrogens is 3. The van der Waals surface area contributed by atoms with Crippen molar-refractivity contribution in [3.63, 3.8) is 0 Å². The van der Waals surface area contributed by atoms with Crippen molar-refractivity contribution in [3.05, 3.63) is 96.1 Å². The second-order valence-electron chi connectivity index (χ2n) is 8.96. The Bertz CT molecular complexity index is 1620. The maximum Gasteiger partial charge on any atom is 0.274 e. The van der Waals surface area contributed by atoms with Crippen molar-refractivity contribution in [3.8, 4) is 21.8 Å². The lowest BCUT2D eigenvalue weighted by Crippen LogP contribution is -2.35. The van der Waals surface area contributed by atoms with Gasteiger partial charge in [0.15, 0.2) is 0 Å². The van der Waals surface area contributed by atoms with Crippen LogP contribution in [0.15, 0.2) is 79.0 Å². The molecule has 0 bridgehead atoms. The molecule has 9 heteroatoms. The first kappa shape index (κ1) is 24.3. The molecule has 5 aromatic rings. The number of carbonyl (C=O) groups excluding carboxylic acids is 1. The van der Waals surface area contributed by atoms with Crippen LogP contribution in [0.5, 0.6) is 0 Å². The summed E-state index contributed by atoms with van der Waals surface area (Å²) < 4.78 is 19.7. The number of anilines is 1. The molecule has 1 N–H and O–H groups in total. The van der Waals surface area contributed by atoms with Crippen molar-refractivity contribution < 1.29 is 13.9 Å². The van der Waals surface area contributed by atoms with Crippen LogP contribution in [0, 0.1) is 5.82 Å². The molecule has 1 aliphatic rings. The van der Waals surface area contributed by atoms with Gasteiger partial charge >= 0.3 is 0 Å². The van der Waals surface area contributed by atoms with E-state index in [0.717, 1.165) is 59.3 Å². The number of hydrogen-bond donors (Lipinski definition) is 1. The van der Waals surface area contributed by atoms with Gasteiger partial charge in [0.05, 0.1) is 24.6 Å². The van der Waals surface area contributed by atoms with Crippen LogP contribution in [0.4, 0.5) is 10.1 Å². The monoisotopic (exact) mass is 525 g/mol. The fourth-order valence-electron chi connectivity index (χ4n) is 4.43. The first-order valence-corrected chi connectivity index (χ1v) is 13.1. The third kappa shape index (κ3) is 5.17. The number of nitrogens with one attached hydrogen (secondary N) is 1. The molecule has 0 unspecified atom stereocenters. The Hall–Kier alpha value is -4.05. The summed E-state index contributed by atoms with van der Waals surface area (Å²) in [6, 6.07) is 21.0. The zero-order chi connectivity index (χ0) is 25.9. The predicted octanol–water partition coefficient (Wildman–Crippen LogP) is 5.64. The van der Waals surface area contributed by atoms with Crippen LogP contribution in [-0.2, 0) is 11.3 Å². The molecule has 1 fully saturated rings. The van der Waals surface area contributed by atoms with Gasteiger partial charge in [0, 0.05) is 37.0 Å². The summed E-state index contributed by atoms with van der Waals surface area (Å²) in [6.07, 6.45) is 1.90. The van der Waals surface area contributed by atoms with E-state index in [9.17, 15) is 9.18 Å². The van der Waals surface area contributed by atoms with Gasteiger partial charge in [0.25, 0.3) is 5.91 Å². The summed E-state index contributed by atoms with van der Waals surface area (Å²) in [7, 11) is 0. The summed E-state index contributed by atoms with van der Waals surface area (Å²) in [4.78, 5) is 30.2. The fraction of sp³-hybridized carbons (Fsp3) is 0.172. The summed E-state index contributed by atoms with van der Waals surface area (Å²) in [5.74, 6) is -0.775. The fourth-order valence-corrected chi connectivity index (χ4v) is 5.36. The van der Waals surface area contributed by atoms with Gasteiger partial charge in [-0.3, -0.25) is 9.69 Å². The number of benzene rings is 2. The first-order valence-electron chi connectivity index (χ1n) is 12.3. The molecule has 3 aromatic heterocycles. The van der Waals surface area contributed by atoms with E-state index in [2.05, 4.69) is 26.3 Å². The van der Waals surface area contributed by atoms with E-state index in [1.807, 2.05) is 30.5 Å². The van der Waals surface area contributed by atoms with Gasteiger partial charge in [-0.25, -0.2) is 19.3 Å². The number of carbonyl (C=O) groups is 1. The van der Waals surface area contributed by atoms with Gasteiger partial charge in [-0.05, 0) is 48.0 Å². The van der Waals surface area contributed by atoms with Crippen LogP contribution >= 0.6 is 11.3 Å². The van der Waals surface area contributed by atoms with Crippen molar-refractivity contribution >= 4 is 33.3 Å². The molecule has 0 aliphatic carbocycles. The molecule has 1 aliphatic heterocycles. The maximum atomic E-state index is 14.3. The molecule has 0 spiro atoms. The van der Waals surface area contributed by atoms with E-state index in [4.69, 9.17) is 9.72 Å². The van der Waals surface area contributed by atoms with Crippen molar-refractivity contribution in [2.75, 3.05) is 31.6 Å². The lowest BCUT2D eigenvalue weighted by Gasteiger charge is -2.26. The number of hydrogen-bond acceptors (Lipinski definition) is 7. The normalized spacial score (nSPS) is 14.0. The molecular formula is C29H24FN5O2S. The number of halogens is 1. The summed E-state index contributed by atoms with van der Waals surface area (Å²) in [5, 5.41) is 3.72. The molecular weight excluding hydrogens is 501 g/mol. The highest BCUT2D eigenvalue weighted by atomic mass is 32.1. The van der Waals surface area contributed by atoms with Crippen LogP contribution in [0.3, 0.4) is 0 Å². The van der Waals surface area contributed by atoms with Crippen LogP contribution in [-0.4, -0.2) is 52.1 Å². The van der Waals surface area contributed by atoms with E-state index < -0.39 is 0 Å². The molecule has 2 aromatic carbocycles. The standard InChI is InChI=1S/C29H24FN5O2S/c30-22-8-3-1-6-20(22)23-10-5-11-25(32-23)27(36)33-24-9-4-2-7-21(24)28-34-26-16-19(17-31-29(26)38-28)18-35-12-14-37-15-13-35/h1-11,16-17H,12-15,18H2,(H,33,36). The average Bonchev–Trinajstić information content (AvgIpc) is 3.37. The summed E-state index contributed by atoms with van der Waals surface area (Å²) >= 11 is 1.48. The highest BCUT2D eigenvalue weighted by Gasteiger charge is 2.17. The molecule has 0 atom stereocenters. The molecule has 1 saturated heterocycles. The quantitative estimate of drug-likeness (QED) is 0.309. The van der Waals surface area contributed by atoms with Gasteiger partial charge in [-0.2, -0.15) is 0 Å². The minimum atomic E-state index is -0.388. The van der Waals surface area contributed by atoms with Gasteiger partial charge in [0.1, 0.15) is 26.9 Å². The van der Waals surface area contributed by atoms with Crippen LogP contribution in [0.2, 0.25) is 0 Å². The Balaban J connectivity index is 1.25. The van der Waals surface area contributed by atoms with Crippen LogP contribution in [0.1, 0.15) is 16.1 Å². The molecule has 0 radical (unpaired) electrons. The van der Waals surface area contributed by atoms with E-state index >= 15 is 0 Å². The highest BCUT2D eigenvalue weighted by Crippen LogP contribution is 2.34. The number of nitrogens with zero attached hydrogens (tertiary/aromatic N) is 4. The second kappa shape index (κ2) is 10.7. The predicted molar refractivity (Wildman–Crippen MR) is 147 cm³/mol. The Kier molecular flexibility index (Phi) is 6.87. The number of morpholine rings is 1. The molecule has 6 rings (SSSR count). The maximum absolute atomic E-state index is 14.3. The smallest absolute Gasteiger partial charge is 0.274 e. The van der Waals surface area contributed by atoms with Gasteiger partial charge in [-0.1, -0.05) is 41.7 Å². The number of fused-ring (bicyclic) bond motifs is 1. The number of pyridine rings is 2. The molecule has 1 amide bonds. The molecule has 38 heavy (non-hydrogen) atoms. The average molecular weight is 526 g/mol. The SMILES string of the molecule is O=C(Nc1ccccc1-c1nc2cc(CN3CCOCC3)cnc2s1)c1cccc(-c2ccccc2F)n1. The zero-order valence-corrected chi connectivity index (χ0v) is 21.2. The minimum Gasteiger partial charge on any atom is -0.379 e. The molecule has 4 heterocycles. The number of rotatable bonds is 6. The molecule has 7 nitrogen and oxygen atoms in total. The van der Waals surface area contributed by atoms with Crippen LogP contribution < -0.4 is 5.32 Å². The summed E-state index contributed by atoms with van der Waals surface area (Å²) in [5.41, 5.74) is 4.28. The van der Waals surface area contributed by atoms with Gasteiger partial charge < -0.3 is 10.1 Å². The second-order valence-corrected chi connectivity index (χ2v) is 9.94. The lowest BCUT2D eigenvalue weighted by molar-refractivity contribution is 0.0341. The van der Waals surface area contributed by atoms with Crippen molar-refractivity contribution in [2.24, 2.45) is 0 Å². The Morgan fingerprint density at radius 3 is 2.61 bits per heavy atom. The number of amides is 1. The van der Waals surface area contributed by atoms with Crippen molar-refractivity contribution in [2.45, 2.75) is 6.54 Å². The Morgan fingerprint density at radius 2 is 1.76 bits per heavy atom. The molecule has 0 saturated carbocycles. The number of ether oxygens (including phenoxy) is 1. The van der Waals surface area contributed by atoms with E-state index in [0.29, 0.717) is 16.9 Å². The Labute approximate surface area is 223 Å². The topological polar surface area (TPSA) is 80.2 Å². The van der Waals surface area contributed by atoms with Crippen molar-refractivity contribution in [1.29, 1.82) is 0 Å². The molecule has 190 valence electrons. The lowest BCUT2D eigenvalue weighted by atomic mass is 10.1.